The molecule has 4 fully saturated rings. The third kappa shape index (κ3) is 14.2. The number of aromatic nitrogens is 4. The number of aromatic amines is 1. The van der Waals surface area contributed by atoms with E-state index in [1.807, 2.05) is 89.7 Å². The van der Waals surface area contributed by atoms with Crippen LogP contribution in [-0.2, 0) is 27.3 Å². The molecule has 6 N–H and O–H groups in total. The summed E-state index contributed by atoms with van der Waals surface area (Å²) >= 11 is 6.29. The first-order chi connectivity index (χ1) is 38.9. The Kier molecular flexibility index (Phi) is 18.5. The van der Waals surface area contributed by atoms with E-state index in [-0.39, 0.29) is 41.9 Å². The summed E-state index contributed by atoms with van der Waals surface area (Å²) in [6, 6.07) is 27.7. The van der Waals surface area contributed by atoms with Gasteiger partial charge in [0.1, 0.15) is 17.8 Å². The zero-order valence-corrected chi connectivity index (χ0v) is 47.1. The number of carbonyl (C=O) groups excluding carboxylic acids is 4. The lowest BCUT2D eigenvalue weighted by atomic mass is 9.87. The molecule has 0 radical (unpaired) electrons. The van der Waals surface area contributed by atoms with Crippen LogP contribution >= 0.6 is 11.6 Å². The Hall–Kier alpha value is -6.80. The van der Waals surface area contributed by atoms with Crippen molar-refractivity contribution in [1.82, 2.24) is 55.1 Å². The molecule has 19 heteroatoms. The number of nitrogens with one attached hydrogen (secondary N) is 4. The van der Waals surface area contributed by atoms with Crippen molar-refractivity contribution in [3.63, 3.8) is 0 Å². The van der Waals surface area contributed by atoms with Gasteiger partial charge in [-0.05, 0) is 97.9 Å². The molecule has 0 spiro atoms. The van der Waals surface area contributed by atoms with E-state index in [1.54, 1.807) is 12.5 Å². The zero-order valence-electron chi connectivity index (χ0n) is 46.3. The first-order valence-corrected chi connectivity index (χ1v) is 29.0. The van der Waals surface area contributed by atoms with Gasteiger partial charge in [0.2, 0.25) is 17.7 Å². The maximum absolute atomic E-state index is 14.2. The summed E-state index contributed by atoms with van der Waals surface area (Å²) in [5, 5.41) is 11.2. The number of piperidine rings is 2. The number of anilines is 2. The number of fused-ring (bicyclic) bond motifs is 1. The monoisotopic (exact) mass is 1100 g/mol. The largest absolute Gasteiger partial charge is 0.356 e. The van der Waals surface area contributed by atoms with Crippen LogP contribution in [0.4, 0.5) is 11.5 Å². The van der Waals surface area contributed by atoms with Gasteiger partial charge in [-0.15, -0.1) is 0 Å². The van der Waals surface area contributed by atoms with Crippen molar-refractivity contribution in [2.24, 2.45) is 11.7 Å². The number of pyridine rings is 1. The molecule has 4 saturated heterocycles. The molecule has 0 bridgehead atoms. The van der Waals surface area contributed by atoms with Crippen LogP contribution in [0.5, 0.6) is 0 Å². The van der Waals surface area contributed by atoms with Crippen molar-refractivity contribution in [1.29, 1.82) is 0 Å². The molecule has 422 valence electrons. The SMILES string of the molecule is CCc1cccc(-c2cnc(C(=O)N3CCC(CN4CCN(CC(=O)N5CCN(CC[C@H](NC(=O)C6(N)CCN(c7ncnc8[nH]ccc78)CC6)c6ccc(Cl)cc6)CC5)CC4)CC3)c(NC(=O)CNCc3cccc(C)c3)c2)c1. The van der Waals surface area contributed by atoms with Crippen LogP contribution in [0.1, 0.15) is 77.8 Å². The minimum atomic E-state index is -1.02. The molecular weight excluding hydrogens is 1030 g/mol. The molecule has 7 heterocycles. The molecule has 18 nitrogen and oxygen atoms in total. The predicted molar refractivity (Wildman–Crippen MR) is 314 cm³/mol. The molecule has 3 aromatic heterocycles. The average molecular weight is 1110 g/mol. The topological polar surface area (TPSA) is 204 Å². The van der Waals surface area contributed by atoms with E-state index in [9.17, 15) is 19.2 Å². The summed E-state index contributed by atoms with van der Waals surface area (Å²) in [7, 11) is 0. The van der Waals surface area contributed by atoms with Gasteiger partial charge in [0.05, 0.1) is 35.7 Å². The highest BCUT2D eigenvalue weighted by Crippen LogP contribution is 2.31. The van der Waals surface area contributed by atoms with Crippen molar-refractivity contribution >= 4 is 57.8 Å². The van der Waals surface area contributed by atoms with Gasteiger partial charge >= 0.3 is 0 Å². The highest BCUT2D eigenvalue weighted by atomic mass is 35.5. The second kappa shape index (κ2) is 26.2. The van der Waals surface area contributed by atoms with Crippen LogP contribution in [0.25, 0.3) is 22.2 Å². The van der Waals surface area contributed by atoms with Crippen LogP contribution in [0.15, 0.2) is 104 Å². The van der Waals surface area contributed by atoms with Crippen molar-refractivity contribution in [3.8, 4) is 11.1 Å². The number of nitrogens with zero attached hydrogens (tertiary/aromatic N) is 9. The molecule has 1 atom stereocenters. The van der Waals surface area contributed by atoms with Crippen LogP contribution in [0.3, 0.4) is 0 Å². The zero-order chi connectivity index (χ0) is 55.6. The minimum absolute atomic E-state index is 0.0911. The molecular formula is C61H77ClN14O4. The van der Waals surface area contributed by atoms with E-state index in [0.717, 1.165) is 116 Å². The quantitative estimate of drug-likeness (QED) is 0.0620. The third-order valence-electron chi connectivity index (χ3n) is 16.7. The molecule has 6 aromatic rings. The fourth-order valence-electron chi connectivity index (χ4n) is 11.8. The van der Waals surface area contributed by atoms with Crippen LogP contribution in [0.2, 0.25) is 5.02 Å². The molecule has 4 amide bonds. The van der Waals surface area contributed by atoms with E-state index in [1.165, 1.54) is 5.56 Å². The fraction of sp³-hybridized carbons (Fsp3) is 0.459. The van der Waals surface area contributed by atoms with E-state index in [2.05, 4.69) is 75.6 Å². The maximum Gasteiger partial charge on any atom is 0.274 e. The van der Waals surface area contributed by atoms with E-state index in [4.69, 9.17) is 22.3 Å². The first-order valence-electron chi connectivity index (χ1n) is 28.6. The normalized spacial score (nSPS) is 18.1. The Labute approximate surface area is 474 Å². The lowest BCUT2D eigenvalue weighted by molar-refractivity contribution is -0.134. The van der Waals surface area contributed by atoms with E-state index < -0.39 is 5.54 Å². The van der Waals surface area contributed by atoms with Gasteiger partial charge < -0.3 is 46.3 Å². The number of nitrogens with two attached hydrogens (primary N) is 1. The van der Waals surface area contributed by atoms with E-state index >= 15 is 0 Å². The number of likely N-dealkylation sites (tertiary alicyclic amines) is 1. The Morgan fingerprint density at radius 1 is 0.775 bits per heavy atom. The van der Waals surface area contributed by atoms with Gasteiger partial charge in [-0.25, -0.2) is 15.0 Å². The molecule has 4 aliphatic rings. The van der Waals surface area contributed by atoms with Gasteiger partial charge in [-0.1, -0.05) is 84.8 Å². The highest BCUT2D eigenvalue weighted by Gasteiger charge is 2.40. The van der Waals surface area contributed by atoms with Gasteiger partial charge in [0.15, 0.2) is 5.69 Å². The van der Waals surface area contributed by atoms with Crippen LogP contribution in [-0.4, -0.2) is 178 Å². The number of hydrogen-bond donors (Lipinski definition) is 5. The summed E-state index contributed by atoms with van der Waals surface area (Å²) in [4.78, 5) is 85.3. The van der Waals surface area contributed by atoms with E-state index in [0.29, 0.717) is 88.2 Å². The number of halogens is 1. The third-order valence-corrected chi connectivity index (χ3v) is 17.0. The van der Waals surface area contributed by atoms with Gasteiger partial charge in [-0.2, -0.15) is 0 Å². The Balaban J connectivity index is 0.650. The Morgan fingerprint density at radius 3 is 2.25 bits per heavy atom. The predicted octanol–water partition coefficient (Wildman–Crippen LogP) is 6.13. The molecule has 80 heavy (non-hydrogen) atoms. The first kappa shape index (κ1) is 56.5. The van der Waals surface area contributed by atoms with Crippen molar-refractivity contribution < 1.29 is 19.2 Å². The van der Waals surface area contributed by atoms with Crippen LogP contribution < -0.4 is 26.6 Å². The van der Waals surface area contributed by atoms with Crippen LogP contribution in [0, 0.1) is 12.8 Å². The average Bonchev–Trinajstić information content (AvgIpc) is 4.11. The summed E-state index contributed by atoms with van der Waals surface area (Å²) in [5.74, 6) is 0.914. The summed E-state index contributed by atoms with van der Waals surface area (Å²) in [6.45, 7) is 15.7. The van der Waals surface area contributed by atoms with Crippen molar-refractivity contribution in [2.45, 2.75) is 70.5 Å². The molecule has 3 aromatic carbocycles. The number of amides is 4. The smallest absolute Gasteiger partial charge is 0.274 e. The highest BCUT2D eigenvalue weighted by molar-refractivity contribution is 6.30. The van der Waals surface area contributed by atoms with Crippen molar-refractivity contribution in [3.05, 3.63) is 137 Å². The Morgan fingerprint density at radius 2 is 1.50 bits per heavy atom. The minimum Gasteiger partial charge on any atom is -0.356 e. The molecule has 0 saturated carbocycles. The number of H-pyrrole nitrogens is 1. The summed E-state index contributed by atoms with van der Waals surface area (Å²) in [5.41, 5.74) is 13.6. The molecule has 0 unspecified atom stereocenters. The molecule has 10 rings (SSSR count). The lowest BCUT2D eigenvalue weighted by Gasteiger charge is -2.40. The summed E-state index contributed by atoms with van der Waals surface area (Å²) in [6.07, 6.45) is 9.50. The standard InChI is InChI=1S/C61H77ClN14O4/c1-3-44-7-5-9-48(35-44)49-36-53(69-54(77)39-64-37-46-8-4-6-43(2)34-46)56(66-38-49)59(79)76-22-15-45(16-23-76)40-72-26-28-73(29-27-72)41-55(78)74-32-30-71(31-33-74)21-17-52(47-10-12-50(62)13-11-47)70-60(80)61(63)18-24-75(25-19-61)58-51-14-20-65-57(51)67-42-68-58/h4-14,20,34-36,38,42,45,52,64H,3,15-19,21-33,37,39-41,63H2,1-2H3,(H,69,77)(H,70,80)(H,65,67,68)/t52-/m0/s1. The van der Waals surface area contributed by atoms with Gasteiger partial charge in [-0.3, -0.25) is 29.0 Å². The fourth-order valence-corrected chi connectivity index (χ4v) is 11.9. The Bertz CT molecular complexity index is 3090. The number of piperazine rings is 2. The number of aryl methyl sites for hydroxylation is 2. The van der Waals surface area contributed by atoms with Crippen molar-refractivity contribution in [2.75, 3.05) is 115 Å². The molecule has 4 aliphatic heterocycles. The number of carbonyl (C=O) groups is 4. The second-order valence-corrected chi connectivity index (χ2v) is 22.7. The number of hydrogen-bond acceptors (Lipinski definition) is 13. The number of rotatable bonds is 19. The number of benzene rings is 3. The second-order valence-electron chi connectivity index (χ2n) is 22.3. The lowest BCUT2D eigenvalue weighted by Crippen LogP contribution is -2.60. The van der Waals surface area contributed by atoms with Gasteiger partial charge in [0, 0.05) is 121 Å². The maximum atomic E-state index is 14.2. The van der Waals surface area contributed by atoms with Gasteiger partial charge in [0.25, 0.3) is 5.91 Å². The summed E-state index contributed by atoms with van der Waals surface area (Å²) < 4.78 is 0. The molecule has 0 aliphatic carbocycles.